The summed E-state index contributed by atoms with van der Waals surface area (Å²) < 4.78 is 29.7. The van der Waals surface area contributed by atoms with Crippen LogP contribution < -0.4 is 5.32 Å². The van der Waals surface area contributed by atoms with Crippen LogP contribution in [0.4, 0.5) is 5.69 Å². The Labute approximate surface area is 108 Å². The highest BCUT2D eigenvalue weighted by atomic mass is 32.2. The van der Waals surface area contributed by atoms with Gasteiger partial charge < -0.3 is 10.4 Å². The van der Waals surface area contributed by atoms with Gasteiger partial charge in [0.15, 0.2) is 0 Å². The standard InChI is InChI=1S/C12H19NO4S/c1-2-4-10-5-3-6-11(9-10)13-12(14)7-8-18(15,16)17/h3,5-6,9,12-14H,2,4,7-8H2,1H3,(H,15,16,17). The summed E-state index contributed by atoms with van der Waals surface area (Å²) in [5.74, 6) is -0.462. The zero-order chi connectivity index (χ0) is 13.6. The van der Waals surface area contributed by atoms with E-state index in [0.717, 1.165) is 24.1 Å². The summed E-state index contributed by atoms with van der Waals surface area (Å²) in [5, 5.41) is 12.4. The van der Waals surface area contributed by atoms with Crippen LogP contribution in [-0.2, 0) is 16.5 Å². The minimum absolute atomic E-state index is 0.0587. The van der Waals surface area contributed by atoms with E-state index in [1.54, 1.807) is 6.07 Å². The normalized spacial score (nSPS) is 13.3. The molecule has 0 spiro atoms. The van der Waals surface area contributed by atoms with E-state index in [1.165, 1.54) is 0 Å². The van der Waals surface area contributed by atoms with Gasteiger partial charge in [-0.25, -0.2) is 0 Å². The Bertz CT molecular complexity index is 473. The summed E-state index contributed by atoms with van der Waals surface area (Å²) >= 11 is 0. The molecule has 0 bridgehead atoms. The maximum Gasteiger partial charge on any atom is 0.265 e. The third-order valence-corrected chi connectivity index (χ3v) is 3.20. The lowest BCUT2D eigenvalue weighted by molar-refractivity contribution is 0.199. The van der Waals surface area contributed by atoms with Gasteiger partial charge in [-0.05, 0) is 24.1 Å². The van der Waals surface area contributed by atoms with Crippen molar-refractivity contribution in [2.45, 2.75) is 32.4 Å². The average molecular weight is 273 g/mol. The summed E-state index contributed by atoms with van der Waals surface area (Å²) in [7, 11) is -4.03. The Hall–Kier alpha value is -1.11. The van der Waals surface area contributed by atoms with E-state index < -0.39 is 22.1 Å². The number of benzene rings is 1. The predicted molar refractivity (Wildman–Crippen MR) is 71.1 cm³/mol. The van der Waals surface area contributed by atoms with Crippen LogP contribution in [0.15, 0.2) is 24.3 Å². The van der Waals surface area contributed by atoms with Crippen LogP contribution in [0.2, 0.25) is 0 Å². The highest BCUT2D eigenvalue weighted by Crippen LogP contribution is 2.13. The van der Waals surface area contributed by atoms with Crippen molar-refractivity contribution >= 4 is 15.8 Å². The SMILES string of the molecule is CCCc1cccc(NC(O)CCS(=O)(=O)O)c1. The lowest BCUT2D eigenvalue weighted by Crippen LogP contribution is -2.22. The first-order valence-electron chi connectivity index (χ1n) is 5.89. The Kier molecular flexibility index (Phi) is 5.58. The first-order valence-corrected chi connectivity index (χ1v) is 7.50. The van der Waals surface area contributed by atoms with Crippen molar-refractivity contribution in [3.05, 3.63) is 29.8 Å². The van der Waals surface area contributed by atoms with Gasteiger partial charge in [0, 0.05) is 12.1 Å². The monoisotopic (exact) mass is 273 g/mol. The van der Waals surface area contributed by atoms with Crippen LogP contribution in [0, 0.1) is 0 Å². The molecule has 5 nitrogen and oxygen atoms in total. The maximum atomic E-state index is 10.5. The number of rotatable bonds is 7. The summed E-state index contributed by atoms with van der Waals surface area (Å²) in [6.07, 6.45) is 0.936. The molecule has 0 aromatic heterocycles. The molecule has 18 heavy (non-hydrogen) atoms. The molecule has 0 saturated heterocycles. The Morgan fingerprint density at radius 1 is 1.39 bits per heavy atom. The summed E-state index contributed by atoms with van der Waals surface area (Å²) in [4.78, 5) is 0. The van der Waals surface area contributed by atoms with Crippen molar-refractivity contribution in [2.24, 2.45) is 0 Å². The van der Waals surface area contributed by atoms with Crippen LogP contribution in [0.25, 0.3) is 0 Å². The molecule has 0 radical (unpaired) electrons. The third-order valence-electron chi connectivity index (χ3n) is 2.45. The van der Waals surface area contributed by atoms with Gasteiger partial charge in [0.1, 0.15) is 6.23 Å². The molecule has 1 aromatic carbocycles. The second-order valence-electron chi connectivity index (χ2n) is 4.19. The maximum absolute atomic E-state index is 10.5. The van der Waals surface area contributed by atoms with Crippen molar-refractivity contribution in [3.8, 4) is 0 Å². The molecule has 102 valence electrons. The predicted octanol–water partition coefficient (Wildman–Crippen LogP) is 1.65. The van der Waals surface area contributed by atoms with E-state index in [9.17, 15) is 13.5 Å². The first-order chi connectivity index (χ1) is 8.40. The molecule has 1 atom stereocenters. The molecule has 0 aliphatic rings. The van der Waals surface area contributed by atoms with E-state index >= 15 is 0 Å². The Morgan fingerprint density at radius 2 is 2.11 bits per heavy atom. The minimum atomic E-state index is -4.03. The molecule has 0 fully saturated rings. The fraction of sp³-hybridized carbons (Fsp3) is 0.500. The van der Waals surface area contributed by atoms with Crippen LogP contribution >= 0.6 is 0 Å². The molecule has 0 aliphatic carbocycles. The number of hydrogen-bond donors (Lipinski definition) is 3. The third kappa shape index (κ3) is 6.00. The average Bonchev–Trinajstić information content (AvgIpc) is 2.26. The topological polar surface area (TPSA) is 86.6 Å². The van der Waals surface area contributed by atoms with E-state index in [1.807, 2.05) is 18.2 Å². The number of hydrogen-bond acceptors (Lipinski definition) is 4. The molecule has 3 N–H and O–H groups in total. The molecule has 6 heteroatoms. The molecule has 1 rings (SSSR count). The molecular weight excluding hydrogens is 254 g/mol. The van der Waals surface area contributed by atoms with Gasteiger partial charge >= 0.3 is 0 Å². The van der Waals surface area contributed by atoms with Crippen molar-refractivity contribution in [3.63, 3.8) is 0 Å². The second-order valence-corrected chi connectivity index (χ2v) is 5.76. The number of aliphatic hydroxyl groups excluding tert-OH is 1. The molecular formula is C12H19NO4S. The molecule has 1 unspecified atom stereocenters. The van der Waals surface area contributed by atoms with Gasteiger partial charge in [0.2, 0.25) is 0 Å². The zero-order valence-corrected chi connectivity index (χ0v) is 11.2. The van der Waals surface area contributed by atoms with Crippen molar-refractivity contribution in [1.82, 2.24) is 0 Å². The highest BCUT2D eigenvalue weighted by Gasteiger charge is 2.10. The highest BCUT2D eigenvalue weighted by molar-refractivity contribution is 7.85. The van der Waals surface area contributed by atoms with Gasteiger partial charge in [-0.15, -0.1) is 0 Å². The van der Waals surface area contributed by atoms with Gasteiger partial charge in [-0.2, -0.15) is 8.42 Å². The van der Waals surface area contributed by atoms with Crippen molar-refractivity contribution in [1.29, 1.82) is 0 Å². The van der Waals surface area contributed by atoms with Crippen LogP contribution in [0.1, 0.15) is 25.3 Å². The quantitative estimate of drug-likeness (QED) is 0.519. The number of nitrogens with one attached hydrogen (secondary N) is 1. The molecule has 0 amide bonds. The lowest BCUT2D eigenvalue weighted by atomic mass is 10.1. The number of anilines is 1. The van der Waals surface area contributed by atoms with Gasteiger partial charge in [0.05, 0.1) is 5.75 Å². The summed E-state index contributed by atoms with van der Waals surface area (Å²) in [5.41, 5.74) is 1.90. The molecule has 1 aromatic rings. The van der Waals surface area contributed by atoms with E-state index in [4.69, 9.17) is 4.55 Å². The van der Waals surface area contributed by atoms with Crippen molar-refractivity contribution in [2.75, 3.05) is 11.1 Å². The first kappa shape index (κ1) is 14.9. The lowest BCUT2D eigenvalue weighted by Gasteiger charge is -2.14. The van der Waals surface area contributed by atoms with Crippen LogP contribution in [0.3, 0.4) is 0 Å². The Balaban J connectivity index is 2.53. The molecule has 0 aliphatic heterocycles. The van der Waals surface area contributed by atoms with Gasteiger partial charge in [-0.3, -0.25) is 4.55 Å². The fourth-order valence-electron chi connectivity index (χ4n) is 1.63. The summed E-state index contributed by atoms with van der Waals surface area (Å²) in [6.45, 7) is 2.08. The van der Waals surface area contributed by atoms with Crippen LogP contribution in [0.5, 0.6) is 0 Å². The zero-order valence-electron chi connectivity index (χ0n) is 10.3. The number of aliphatic hydroxyl groups is 1. The van der Waals surface area contributed by atoms with Gasteiger partial charge in [0.25, 0.3) is 10.1 Å². The van der Waals surface area contributed by atoms with Crippen LogP contribution in [-0.4, -0.2) is 30.1 Å². The summed E-state index contributed by atoms with van der Waals surface area (Å²) in [6, 6.07) is 7.60. The molecule has 0 heterocycles. The van der Waals surface area contributed by atoms with Gasteiger partial charge in [-0.1, -0.05) is 25.5 Å². The smallest absolute Gasteiger partial charge is 0.265 e. The molecule has 0 saturated carbocycles. The van der Waals surface area contributed by atoms with E-state index in [-0.39, 0.29) is 6.42 Å². The minimum Gasteiger partial charge on any atom is -0.374 e. The van der Waals surface area contributed by atoms with Crippen molar-refractivity contribution < 1.29 is 18.1 Å². The second kappa shape index (κ2) is 6.72. The fourth-order valence-corrected chi connectivity index (χ4v) is 2.15. The van der Waals surface area contributed by atoms with E-state index in [0.29, 0.717) is 0 Å². The Morgan fingerprint density at radius 3 is 2.72 bits per heavy atom. The largest absolute Gasteiger partial charge is 0.374 e. The number of aryl methyl sites for hydroxylation is 1. The van der Waals surface area contributed by atoms with E-state index in [2.05, 4.69) is 12.2 Å².